The zero-order valence-corrected chi connectivity index (χ0v) is 17.1. The molecule has 0 unspecified atom stereocenters. The van der Waals surface area contributed by atoms with Crippen LogP contribution in [0.15, 0.2) is 12.8 Å². The Hall–Kier alpha value is 1.32. The van der Waals surface area contributed by atoms with Gasteiger partial charge >= 0.3 is 0 Å². The highest BCUT2D eigenvalue weighted by Crippen LogP contribution is 2.71. The SMILES string of the molecule is C=COP(=S)(SC[Si](C)(C)C)SC[Si](C)(C)C. The van der Waals surface area contributed by atoms with Crippen LogP contribution in [0, 0.1) is 0 Å². The Morgan fingerprint density at radius 3 is 1.65 bits per heavy atom. The molecule has 0 aromatic carbocycles. The molecule has 102 valence electrons. The highest BCUT2D eigenvalue weighted by atomic mass is 33.2. The summed E-state index contributed by atoms with van der Waals surface area (Å²) in [7, 11) is -2.13. The standard InChI is InChI=1S/C10H25OPS3Si2/c1-8-11-12(13,14-9-16(2,3)4)15-10-17(5,6)7/h8H,1,9-10H2,2-7H3. The molecule has 0 heterocycles. The Morgan fingerprint density at radius 1 is 1.06 bits per heavy atom. The molecule has 0 N–H and O–H groups in total. The Balaban J connectivity index is 4.46. The van der Waals surface area contributed by atoms with Crippen molar-refractivity contribution in [1.82, 2.24) is 0 Å². The van der Waals surface area contributed by atoms with Crippen molar-refractivity contribution in [3.05, 3.63) is 12.8 Å². The van der Waals surface area contributed by atoms with Crippen molar-refractivity contribution in [1.29, 1.82) is 0 Å². The van der Waals surface area contributed by atoms with Crippen molar-refractivity contribution in [2.45, 2.75) is 39.3 Å². The van der Waals surface area contributed by atoms with Gasteiger partial charge < -0.3 is 4.52 Å². The van der Waals surface area contributed by atoms with E-state index in [0.29, 0.717) is 0 Å². The van der Waals surface area contributed by atoms with Gasteiger partial charge in [-0.15, -0.1) is 0 Å². The molecule has 0 aliphatic rings. The van der Waals surface area contributed by atoms with Crippen LogP contribution in [-0.2, 0) is 16.3 Å². The van der Waals surface area contributed by atoms with Crippen LogP contribution in [-0.4, -0.2) is 26.9 Å². The summed E-state index contributed by atoms with van der Waals surface area (Å²) < 4.78 is 3.89. The van der Waals surface area contributed by atoms with Crippen molar-refractivity contribution in [3.8, 4) is 0 Å². The van der Waals surface area contributed by atoms with Gasteiger partial charge in [-0.1, -0.05) is 68.6 Å². The second-order valence-electron chi connectivity index (χ2n) is 6.39. The van der Waals surface area contributed by atoms with Gasteiger partial charge in [-0.05, 0) is 22.6 Å². The maximum absolute atomic E-state index is 5.73. The van der Waals surface area contributed by atoms with E-state index in [1.54, 1.807) is 0 Å². The predicted octanol–water partition coefficient (Wildman–Crippen LogP) is 5.59. The van der Waals surface area contributed by atoms with Gasteiger partial charge in [0.1, 0.15) is 0 Å². The highest BCUT2D eigenvalue weighted by Gasteiger charge is 2.26. The van der Waals surface area contributed by atoms with E-state index in [9.17, 15) is 0 Å². The molecule has 0 amide bonds. The van der Waals surface area contributed by atoms with Crippen LogP contribution in [0.3, 0.4) is 0 Å². The first-order chi connectivity index (χ1) is 7.47. The summed E-state index contributed by atoms with van der Waals surface area (Å²) >= 11 is 9.48. The first-order valence-corrected chi connectivity index (χ1v) is 19.0. The fourth-order valence-corrected chi connectivity index (χ4v) is 22.8. The quantitative estimate of drug-likeness (QED) is 0.322. The smallest absolute Gasteiger partial charge is 0.220 e. The van der Waals surface area contributed by atoms with Crippen LogP contribution < -0.4 is 0 Å². The molecular formula is C10H25OPS3Si2. The van der Waals surface area contributed by atoms with Crippen molar-refractivity contribution in [2.75, 3.05) is 10.8 Å². The van der Waals surface area contributed by atoms with E-state index < -0.39 is 20.8 Å². The molecule has 0 aromatic rings. The predicted molar refractivity (Wildman–Crippen MR) is 97.2 cm³/mol. The van der Waals surface area contributed by atoms with Gasteiger partial charge in [0.15, 0.2) is 0 Å². The van der Waals surface area contributed by atoms with E-state index in [1.165, 1.54) is 17.0 Å². The van der Waals surface area contributed by atoms with Gasteiger partial charge in [-0.25, -0.2) is 0 Å². The maximum atomic E-state index is 5.73. The maximum Gasteiger partial charge on any atom is 0.220 e. The number of rotatable bonds is 8. The largest absolute Gasteiger partial charge is 0.456 e. The van der Waals surface area contributed by atoms with E-state index >= 15 is 0 Å². The summed E-state index contributed by atoms with van der Waals surface area (Å²) in [5.41, 5.74) is 0. The van der Waals surface area contributed by atoms with E-state index in [2.05, 4.69) is 45.9 Å². The lowest BCUT2D eigenvalue weighted by atomic mass is 11.2. The van der Waals surface area contributed by atoms with Crippen LogP contribution in [0.2, 0.25) is 39.3 Å². The molecule has 0 saturated carbocycles. The number of hydrogen-bond donors (Lipinski definition) is 0. The van der Waals surface area contributed by atoms with Crippen LogP contribution in [0.4, 0.5) is 0 Å². The summed E-state index contributed by atoms with van der Waals surface area (Å²) in [5, 5.41) is 2.35. The molecule has 17 heavy (non-hydrogen) atoms. The summed E-state index contributed by atoms with van der Waals surface area (Å²) in [4.78, 5) is 0. The first kappa shape index (κ1) is 18.3. The van der Waals surface area contributed by atoms with Crippen LogP contribution in [0.5, 0.6) is 0 Å². The molecule has 0 rings (SSSR count). The molecule has 0 aliphatic heterocycles. The molecule has 0 atom stereocenters. The molecule has 7 heteroatoms. The Labute approximate surface area is 122 Å². The average Bonchev–Trinajstić information content (AvgIpc) is 2.11. The molecule has 1 nitrogen and oxygen atoms in total. The average molecular weight is 345 g/mol. The van der Waals surface area contributed by atoms with Gasteiger partial charge in [-0.2, -0.15) is 0 Å². The summed E-state index contributed by atoms with van der Waals surface area (Å²) in [6, 6.07) is 0. The number of hydrogen-bond acceptors (Lipinski definition) is 4. The van der Waals surface area contributed by atoms with Crippen molar-refractivity contribution < 1.29 is 4.52 Å². The zero-order chi connectivity index (χ0) is 13.7. The van der Waals surface area contributed by atoms with E-state index in [1.807, 2.05) is 22.8 Å². The monoisotopic (exact) mass is 344 g/mol. The molecule has 0 fully saturated rings. The van der Waals surface area contributed by atoms with Crippen molar-refractivity contribution in [2.24, 2.45) is 0 Å². The molecule has 0 spiro atoms. The topological polar surface area (TPSA) is 9.23 Å². The minimum absolute atomic E-state index is 1.06. The molecular weight excluding hydrogens is 319 g/mol. The molecule has 0 aromatic heterocycles. The fraction of sp³-hybridized carbons (Fsp3) is 0.800. The van der Waals surface area contributed by atoms with Gasteiger partial charge in [0, 0.05) is 0 Å². The molecule has 0 radical (unpaired) electrons. The van der Waals surface area contributed by atoms with Gasteiger partial charge in [0.25, 0.3) is 0 Å². The van der Waals surface area contributed by atoms with Gasteiger partial charge in [0.2, 0.25) is 4.67 Å². The summed E-state index contributed by atoms with van der Waals surface area (Å²) in [6.45, 7) is 17.9. The van der Waals surface area contributed by atoms with Gasteiger partial charge in [0.05, 0.1) is 22.4 Å². The minimum Gasteiger partial charge on any atom is -0.456 e. The molecule has 0 aliphatic carbocycles. The Kier molecular flexibility index (Phi) is 7.76. The van der Waals surface area contributed by atoms with Crippen LogP contribution in [0.25, 0.3) is 0 Å². The summed E-state index contributed by atoms with van der Waals surface area (Å²) in [6.07, 6.45) is 1.54. The lowest BCUT2D eigenvalue weighted by Crippen LogP contribution is -2.24. The first-order valence-electron chi connectivity index (χ1n) is 5.66. The third-order valence-electron chi connectivity index (χ3n) is 1.51. The van der Waals surface area contributed by atoms with Crippen LogP contribution in [0.1, 0.15) is 0 Å². The lowest BCUT2D eigenvalue weighted by Gasteiger charge is -2.25. The second kappa shape index (κ2) is 7.20. The second-order valence-corrected chi connectivity index (χ2v) is 28.8. The summed E-state index contributed by atoms with van der Waals surface area (Å²) in [5.74, 6) is 0. The fourth-order valence-electron chi connectivity index (χ4n) is 0.735. The lowest BCUT2D eigenvalue weighted by molar-refractivity contribution is 0.559. The Bertz CT molecular complexity index is 275. The molecule has 0 bridgehead atoms. The van der Waals surface area contributed by atoms with E-state index in [4.69, 9.17) is 16.3 Å². The zero-order valence-electron chi connectivity index (χ0n) is 11.8. The minimum atomic E-state index is -1.79. The normalized spacial score (nSPS) is 13.5. The van der Waals surface area contributed by atoms with E-state index in [-0.39, 0.29) is 0 Å². The van der Waals surface area contributed by atoms with Gasteiger partial charge in [-0.3, -0.25) is 0 Å². The highest BCUT2D eigenvalue weighted by molar-refractivity contribution is 8.99. The van der Waals surface area contributed by atoms with E-state index in [0.717, 1.165) is 0 Å². The van der Waals surface area contributed by atoms with Crippen molar-refractivity contribution >= 4 is 55.4 Å². The third-order valence-corrected chi connectivity index (χ3v) is 19.3. The van der Waals surface area contributed by atoms with Crippen LogP contribution >= 0.6 is 27.4 Å². The Morgan fingerprint density at radius 2 is 1.41 bits per heavy atom. The third kappa shape index (κ3) is 10.9. The van der Waals surface area contributed by atoms with Crippen molar-refractivity contribution in [3.63, 3.8) is 0 Å². The molecule has 0 saturated heterocycles.